The largest absolute Gasteiger partial charge is 0.417 e. The monoisotopic (exact) mass is 226 g/mol. The van der Waals surface area contributed by atoms with Gasteiger partial charge in [0.15, 0.2) is 0 Å². The predicted octanol–water partition coefficient (Wildman–Crippen LogP) is 2.54. The van der Waals surface area contributed by atoms with Gasteiger partial charge in [-0.1, -0.05) is 0 Å². The topological polar surface area (TPSA) is 38.9 Å². The van der Waals surface area contributed by atoms with Crippen molar-refractivity contribution in [3.8, 4) is 0 Å². The lowest BCUT2D eigenvalue weighted by Crippen LogP contribution is -2.10. The van der Waals surface area contributed by atoms with Crippen molar-refractivity contribution in [2.24, 2.45) is 5.73 Å². The van der Waals surface area contributed by atoms with Gasteiger partial charge < -0.3 is 5.73 Å². The lowest BCUT2D eigenvalue weighted by Gasteiger charge is -2.08. The summed E-state index contributed by atoms with van der Waals surface area (Å²) in [4.78, 5) is 3.60. The van der Waals surface area contributed by atoms with E-state index in [4.69, 9.17) is 5.73 Å². The van der Waals surface area contributed by atoms with Crippen LogP contribution in [0, 0.1) is 0 Å². The molecular formula is C8H10ClF3N2. The molecule has 14 heavy (non-hydrogen) atoms. The Balaban J connectivity index is 0.00000169. The second-order valence-corrected chi connectivity index (χ2v) is 2.76. The quantitative estimate of drug-likeness (QED) is 0.799. The van der Waals surface area contributed by atoms with Gasteiger partial charge in [0.2, 0.25) is 0 Å². The molecule has 0 unspecified atom stereocenters. The summed E-state index contributed by atoms with van der Waals surface area (Å²) in [5.74, 6) is 0. The Labute approximate surface area is 85.7 Å². The molecule has 1 atom stereocenters. The standard InChI is InChI=1S/C8H9F3N2.ClH/c1-5(12)7-3-2-6(4-13-7)8(9,10)11;/h2-5H,12H2,1H3;1H/t5-;/m1./s1. The molecule has 0 aromatic carbocycles. The summed E-state index contributed by atoms with van der Waals surface area (Å²) in [6, 6.07) is 1.92. The summed E-state index contributed by atoms with van der Waals surface area (Å²) in [5, 5.41) is 0. The maximum atomic E-state index is 12.0. The van der Waals surface area contributed by atoms with Crippen molar-refractivity contribution in [2.75, 3.05) is 0 Å². The zero-order valence-electron chi connectivity index (χ0n) is 7.38. The van der Waals surface area contributed by atoms with Crippen LogP contribution in [-0.2, 0) is 6.18 Å². The van der Waals surface area contributed by atoms with Crippen molar-refractivity contribution in [1.29, 1.82) is 0 Å². The van der Waals surface area contributed by atoms with Crippen LogP contribution < -0.4 is 5.73 Å². The van der Waals surface area contributed by atoms with E-state index in [1.54, 1.807) is 6.92 Å². The van der Waals surface area contributed by atoms with Crippen LogP contribution in [0.2, 0.25) is 0 Å². The maximum absolute atomic E-state index is 12.0. The predicted molar refractivity (Wildman–Crippen MR) is 49.1 cm³/mol. The van der Waals surface area contributed by atoms with Crippen LogP contribution >= 0.6 is 12.4 Å². The molecule has 2 N–H and O–H groups in total. The van der Waals surface area contributed by atoms with Crippen molar-refractivity contribution < 1.29 is 13.2 Å². The number of rotatable bonds is 1. The van der Waals surface area contributed by atoms with E-state index < -0.39 is 11.7 Å². The van der Waals surface area contributed by atoms with Gasteiger partial charge in [-0.2, -0.15) is 13.2 Å². The Hall–Kier alpha value is -0.810. The van der Waals surface area contributed by atoms with Gasteiger partial charge in [-0.05, 0) is 19.1 Å². The Kier molecular flexibility index (Phi) is 4.35. The van der Waals surface area contributed by atoms with Gasteiger partial charge in [0, 0.05) is 12.2 Å². The second kappa shape index (κ2) is 4.61. The lowest BCUT2D eigenvalue weighted by atomic mass is 10.2. The molecule has 0 saturated carbocycles. The van der Waals surface area contributed by atoms with Crippen LogP contribution in [-0.4, -0.2) is 4.98 Å². The van der Waals surface area contributed by atoms with E-state index in [0.717, 1.165) is 12.3 Å². The highest BCUT2D eigenvalue weighted by Gasteiger charge is 2.30. The molecule has 0 aliphatic rings. The first kappa shape index (κ1) is 13.2. The third-order valence-corrected chi connectivity index (χ3v) is 1.58. The average molecular weight is 227 g/mol. The van der Waals surface area contributed by atoms with Crippen molar-refractivity contribution in [2.45, 2.75) is 19.1 Å². The van der Waals surface area contributed by atoms with E-state index in [1.165, 1.54) is 6.07 Å². The highest BCUT2D eigenvalue weighted by atomic mass is 35.5. The summed E-state index contributed by atoms with van der Waals surface area (Å²) in [5.41, 5.74) is 5.13. The molecule has 1 aromatic heterocycles. The highest BCUT2D eigenvalue weighted by Crippen LogP contribution is 2.28. The minimum Gasteiger partial charge on any atom is -0.323 e. The Morgan fingerprint density at radius 2 is 1.93 bits per heavy atom. The first-order chi connectivity index (χ1) is 5.91. The van der Waals surface area contributed by atoms with Gasteiger partial charge in [-0.15, -0.1) is 12.4 Å². The molecule has 0 amide bonds. The molecule has 2 nitrogen and oxygen atoms in total. The van der Waals surface area contributed by atoms with E-state index in [2.05, 4.69) is 4.98 Å². The minimum absolute atomic E-state index is 0. The molecular weight excluding hydrogens is 217 g/mol. The molecule has 1 heterocycles. The molecule has 0 bridgehead atoms. The summed E-state index contributed by atoms with van der Waals surface area (Å²) in [6.07, 6.45) is -3.54. The van der Waals surface area contributed by atoms with E-state index >= 15 is 0 Å². The van der Waals surface area contributed by atoms with Gasteiger partial charge in [0.25, 0.3) is 0 Å². The number of hydrogen-bond acceptors (Lipinski definition) is 2. The van der Waals surface area contributed by atoms with Crippen molar-refractivity contribution in [3.05, 3.63) is 29.6 Å². The second-order valence-electron chi connectivity index (χ2n) is 2.76. The lowest BCUT2D eigenvalue weighted by molar-refractivity contribution is -0.137. The van der Waals surface area contributed by atoms with Crippen LogP contribution in [0.1, 0.15) is 24.2 Å². The minimum atomic E-state index is -4.33. The number of hydrogen-bond donors (Lipinski definition) is 1. The fraction of sp³-hybridized carbons (Fsp3) is 0.375. The van der Waals surface area contributed by atoms with Gasteiger partial charge in [-0.25, -0.2) is 0 Å². The third-order valence-electron chi connectivity index (χ3n) is 1.58. The van der Waals surface area contributed by atoms with Gasteiger partial charge >= 0.3 is 6.18 Å². The molecule has 1 aromatic rings. The third kappa shape index (κ3) is 3.16. The SMILES string of the molecule is C[C@@H](N)c1ccc(C(F)(F)F)cn1.Cl. The average Bonchev–Trinajstić information content (AvgIpc) is 2.03. The first-order valence-electron chi connectivity index (χ1n) is 3.70. The van der Waals surface area contributed by atoms with Crippen molar-refractivity contribution in [1.82, 2.24) is 4.98 Å². The fourth-order valence-electron chi connectivity index (χ4n) is 0.842. The van der Waals surface area contributed by atoms with Crippen LogP contribution in [0.4, 0.5) is 13.2 Å². The molecule has 0 aliphatic carbocycles. The van der Waals surface area contributed by atoms with Crippen LogP contribution in [0.3, 0.4) is 0 Å². The summed E-state index contributed by atoms with van der Waals surface area (Å²) in [6.45, 7) is 1.66. The summed E-state index contributed by atoms with van der Waals surface area (Å²) in [7, 11) is 0. The summed E-state index contributed by atoms with van der Waals surface area (Å²) >= 11 is 0. The molecule has 1 rings (SSSR count). The highest BCUT2D eigenvalue weighted by molar-refractivity contribution is 5.85. The Bertz CT molecular complexity index is 282. The molecule has 0 fully saturated rings. The van der Waals surface area contributed by atoms with E-state index in [1.807, 2.05) is 0 Å². The van der Waals surface area contributed by atoms with Crippen LogP contribution in [0.5, 0.6) is 0 Å². The van der Waals surface area contributed by atoms with E-state index in [-0.39, 0.29) is 18.4 Å². The number of aromatic nitrogens is 1. The van der Waals surface area contributed by atoms with Crippen LogP contribution in [0.25, 0.3) is 0 Å². The molecule has 0 aliphatic heterocycles. The number of nitrogens with two attached hydrogens (primary N) is 1. The maximum Gasteiger partial charge on any atom is 0.417 e. The number of alkyl halides is 3. The van der Waals surface area contributed by atoms with Crippen molar-refractivity contribution in [3.63, 3.8) is 0 Å². The van der Waals surface area contributed by atoms with Gasteiger partial charge in [0.1, 0.15) is 0 Å². The number of nitrogens with zero attached hydrogens (tertiary/aromatic N) is 1. The van der Waals surface area contributed by atoms with Gasteiger partial charge in [0.05, 0.1) is 11.3 Å². The van der Waals surface area contributed by atoms with Crippen molar-refractivity contribution >= 4 is 12.4 Å². The molecule has 6 heteroatoms. The molecule has 80 valence electrons. The normalized spacial score (nSPS) is 13.2. The van der Waals surface area contributed by atoms with E-state index in [9.17, 15) is 13.2 Å². The van der Waals surface area contributed by atoms with E-state index in [0.29, 0.717) is 5.69 Å². The zero-order chi connectivity index (χ0) is 10.1. The zero-order valence-corrected chi connectivity index (χ0v) is 8.19. The first-order valence-corrected chi connectivity index (χ1v) is 3.70. The fourth-order valence-corrected chi connectivity index (χ4v) is 0.842. The number of pyridine rings is 1. The number of halogens is 4. The van der Waals surface area contributed by atoms with Crippen LogP contribution in [0.15, 0.2) is 18.3 Å². The summed E-state index contributed by atoms with van der Waals surface area (Å²) < 4.78 is 36.1. The molecule has 0 spiro atoms. The van der Waals surface area contributed by atoms with Gasteiger partial charge in [-0.3, -0.25) is 4.98 Å². The smallest absolute Gasteiger partial charge is 0.323 e. The Morgan fingerprint density at radius 1 is 1.36 bits per heavy atom. The molecule has 0 radical (unpaired) electrons. The molecule has 0 saturated heterocycles. The Morgan fingerprint density at radius 3 is 2.21 bits per heavy atom.